The second kappa shape index (κ2) is 7.64. The Hall–Kier alpha value is -2.86. The first kappa shape index (κ1) is 18.5. The molecule has 0 N–H and O–H groups in total. The van der Waals surface area contributed by atoms with Gasteiger partial charge in [0.15, 0.2) is 10.8 Å². The predicted octanol–water partition coefficient (Wildman–Crippen LogP) is 4.97. The van der Waals surface area contributed by atoms with Crippen molar-refractivity contribution in [1.82, 2.24) is 14.6 Å². The van der Waals surface area contributed by atoms with Crippen LogP contribution in [0.3, 0.4) is 0 Å². The average Bonchev–Trinajstić information content (AvgIpc) is 3.10. The Labute approximate surface area is 167 Å². The second-order valence-corrected chi connectivity index (χ2v) is 7.62. The summed E-state index contributed by atoms with van der Waals surface area (Å²) in [5.41, 5.74) is 6.10. The lowest BCUT2D eigenvalue weighted by Crippen LogP contribution is -2.04. The number of ether oxygens (including phenoxy) is 1. The van der Waals surface area contributed by atoms with Crippen molar-refractivity contribution in [2.24, 2.45) is 0 Å². The van der Waals surface area contributed by atoms with Gasteiger partial charge in [0.25, 0.3) is 0 Å². The summed E-state index contributed by atoms with van der Waals surface area (Å²) in [6.07, 6.45) is 0. The summed E-state index contributed by atoms with van der Waals surface area (Å²) < 4.78 is 7.17. The first-order valence-electron chi connectivity index (χ1n) is 9.21. The zero-order chi connectivity index (χ0) is 19.7. The number of benzene rings is 2. The van der Waals surface area contributed by atoms with Gasteiger partial charge >= 0.3 is 5.97 Å². The Bertz CT molecular complexity index is 1170. The minimum atomic E-state index is -0.289. The van der Waals surface area contributed by atoms with E-state index in [4.69, 9.17) is 4.74 Å². The largest absolute Gasteiger partial charge is 0.462 e. The van der Waals surface area contributed by atoms with Crippen LogP contribution in [-0.4, -0.2) is 27.2 Å². The molecule has 0 amide bonds. The van der Waals surface area contributed by atoms with E-state index in [1.54, 1.807) is 30.8 Å². The molecule has 0 aliphatic carbocycles. The van der Waals surface area contributed by atoms with Crippen LogP contribution in [0.25, 0.3) is 16.6 Å². The fourth-order valence-electron chi connectivity index (χ4n) is 3.32. The first-order chi connectivity index (χ1) is 13.6. The highest BCUT2D eigenvalue weighted by Gasteiger charge is 2.13. The van der Waals surface area contributed by atoms with Crippen LogP contribution in [0.15, 0.2) is 53.7 Å². The SMILES string of the molecule is CCOC(=O)c1ccc(CSc2nnc3cc(C)c4cccc(C)c4n23)cc1. The lowest BCUT2D eigenvalue weighted by molar-refractivity contribution is 0.0526. The number of para-hydroxylation sites is 1. The van der Waals surface area contributed by atoms with Gasteiger partial charge in [0, 0.05) is 11.1 Å². The van der Waals surface area contributed by atoms with Gasteiger partial charge in [-0.2, -0.15) is 0 Å². The van der Waals surface area contributed by atoms with Crippen LogP contribution < -0.4 is 0 Å². The Morgan fingerprint density at radius 2 is 1.86 bits per heavy atom. The maximum atomic E-state index is 11.8. The average molecular weight is 391 g/mol. The standard InChI is InChI=1S/C22H21N3O2S/c1-4-27-21(26)17-10-8-16(9-11-17)13-28-22-24-23-19-12-15(3)18-7-5-6-14(2)20(18)25(19)22/h5-12H,4,13H2,1-3H3. The maximum Gasteiger partial charge on any atom is 0.338 e. The van der Waals surface area contributed by atoms with Crippen molar-refractivity contribution in [1.29, 1.82) is 0 Å². The molecule has 0 atom stereocenters. The van der Waals surface area contributed by atoms with Gasteiger partial charge in [-0.25, -0.2) is 4.79 Å². The number of carbonyl (C=O) groups is 1. The Morgan fingerprint density at radius 1 is 1.07 bits per heavy atom. The molecule has 0 bridgehead atoms. The van der Waals surface area contributed by atoms with Crippen molar-refractivity contribution in [3.8, 4) is 0 Å². The molecule has 0 spiro atoms. The molecule has 0 radical (unpaired) electrons. The second-order valence-electron chi connectivity index (χ2n) is 6.68. The van der Waals surface area contributed by atoms with E-state index < -0.39 is 0 Å². The summed E-state index contributed by atoms with van der Waals surface area (Å²) in [4.78, 5) is 11.8. The van der Waals surface area contributed by atoms with E-state index in [0.717, 1.165) is 27.6 Å². The number of hydrogen-bond donors (Lipinski definition) is 0. The fraction of sp³-hybridized carbons (Fsp3) is 0.227. The third kappa shape index (κ3) is 3.36. The summed E-state index contributed by atoms with van der Waals surface area (Å²) in [5, 5.41) is 10.9. The van der Waals surface area contributed by atoms with Gasteiger partial charge in [0.05, 0.1) is 17.7 Å². The number of esters is 1. The minimum absolute atomic E-state index is 0.289. The summed E-state index contributed by atoms with van der Waals surface area (Å²) in [6, 6.07) is 15.9. The molecule has 2 heterocycles. The van der Waals surface area contributed by atoms with Gasteiger partial charge in [-0.1, -0.05) is 42.1 Å². The molecule has 0 saturated carbocycles. The zero-order valence-corrected chi connectivity index (χ0v) is 16.9. The van der Waals surface area contributed by atoms with Crippen LogP contribution >= 0.6 is 11.8 Å². The molecule has 0 aliphatic heterocycles. The van der Waals surface area contributed by atoms with Crippen LogP contribution in [-0.2, 0) is 10.5 Å². The van der Waals surface area contributed by atoms with E-state index >= 15 is 0 Å². The van der Waals surface area contributed by atoms with Crippen molar-refractivity contribution < 1.29 is 9.53 Å². The van der Waals surface area contributed by atoms with E-state index in [1.807, 2.05) is 12.1 Å². The quantitative estimate of drug-likeness (QED) is 0.355. The molecule has 4 aromatic rings. The van der Waals surface area contributed by atoms with E-state index in [0.29, 0.717) is 12.2 Å². The van der Waals surface area contributed by atoms with E-state index in [-0.39, 0.29) is 5.97 Å². The molecule has 2 aromatic carbocycles. The number of aromatic nitrogens is 3. The molecule has 28 heavy (non-hydrogen) atoms. The lowest BCUT2D eigenvalue weighted by Gasteiger charge is -2.10. The molecule has 142 valence electrons. The van der Waals surface area contributed by atoms with E-state index in [2.05, 4.69) is 52.7 Å². The first-order valence-corrected chi connectivity index (χ1v) is 10.2. The fourth-order valence-corrected chi connectivity index (χ4v) is 4.22. The summed E-state index contributed by atoms with van der Waals surface area (Å²) in [7, 11) is 0. The van der Waals surface area contributed by atoms with Gasteiger partial charge in [-0.3, -0.25) is 4.40 Å². The summed E-state index contributed by atoms with van der Waals surface area (Å²) >= 11 is 1.64. The molecule has 0 unspecified atom stereocenters. The molecule has 4 rings (SSSR count). The van der Waals surface area contributed by atoms with Crippen molar-refractivity contribution in [3.05, 3.63) is 70.8 Å². The van der Waals surface area contributed by atoms with Crippen LogP contribution in [0.1, 0.15) is 34.0 Å². The summed E-state index contributed by atoms with van der Waals surface area (Å²) in [6.45, 7) is 6.40. The molecule has 0 aliphatic rings. The topological polar surface area (TPSA) is 56.5 Å². The Kier molecular flexibility index (Phi) is 5.05. The highest BCUT2D eigenvalue weighted by molar-refractivity contribution is 7.98. The molecule has 0 saturated heterocycles. The molecular weight excluding hydrogens is 370 g/mol. The number of hydrogen-bond acceptors (Lipinski definition) is 5. The number of aryl methyl sites for hydroxylation is 2. The number of rotatable bonds is 5. The van der Waals surface area contributed by atoms with Gasteiger partial charge < -0.3 is 4.74 Å². The monoisotopic (exact) mass is 391 g/mol. The number of fused-ring (bicyclic) bond motifs is 3. The zero-order valence-electron chi connectivity index (χ0n) is 16.1. The third-order valence-electron chi connectivity index (χ3n) is 4.72. The minimum Gasteiger partial charge on any atom is -0.462 e. The van der Waals surface area contributed by atoms with Crippen LogP contribution in [0.5, 0.6) is 0 Å². The Balaban J connectivity index is 1.63. The van der Waals surface area contributed by atoms with Crippen LogP contribution in [0.2, 0.25) is 0 Å². The maximum absolute atomic E-state index is 11.8. The lowest BCUT2D eigenvalue weighted by atomic mass is 10.1. The van der Waals surface area contributed by atoms with Crippen molar-refractivity contribution in [2.45, 2.75) is 31.7 Å². The summed E-state index contributed by atoms with van der Waals surface area (Å²) in [5.74, 6) is 0.452. The van der Waals surface area contributed by atoms with Crippen LogP contribution in [0.4, 0.5) is 0 Å². The van der Waals surface area contributed by atoms with E-state index in [9.17, 15) is 4.79 Å². The van der Waals surface area contributed by atoms with E-state index in [1.165, 1.54) is 16.5 Å². The number of nitrogens with zero attached hydrogens (tertiary/aromatic N) is 3. The third-order valence-corrected chi connectivity index (χ3v) is 5.72. The highest BCUT2D eigenvalue weighted by atomic mass is 32.2. The van der Waals surface area contributed by atoms with Crippen molar-refractivity contribution >= 4 is 34.3 Å². The van der Waals surface area contributed by atoms with Gasteiger partial charge in [-0.15, -0.1) is 10.2 Å². The van der Waals surface area contributed by atoms with Gasteiger partial charge in [0.1, 0.15) is 0 Å². The number of pyridine rings is 1. The van der Waals surface area contributed by atoms with Crippen LogP contribution in [0, 0.1) is 13.8 Å². The molecule has 0 fully saturated rings. The van der Waals surface area contributed by atoms with Gasteiger partial charge in [0.2, 0.25) is 0 Å². The number of thioether (sulfide) groups is 1. The van der Waals surface area contributed by atoms with Crippen molar-refractivity contribution in [2.75, 3.05) is 6.61 Å². The smallest absolute Gasteiger partial charge is 0.338 e. The molecule has 2 aromatic heterocycles. The molecular formula is C22H21N3O2S. The molecule has 6 heteroatoms. The normalized spacial score (nSPS) is 11.2. The number of carbonyl (C=O) groups excluding carboxylic acids is 1. The predicted molar refractivity (Wildman–Crippen MR) is 112 cm³/mol. The van der Waals surface area contributed by atoms with Gasteiger partial charge in [-0.05, 0) is 55.7 Å². The Morgan fingerprint density at radius 3 is 2.61 bits per heavy atom. The molecule has 5 nitrogen and oxygen atoms in total. The highest BCUT2D eigenvalue weighted by Crippen LogP contribution is 2.29. The van der Waals surface area contributed by atoms with Crippen molar-refractivity contribution in [3.63, 3.8) is 0 Å².